The average molecular weight is 443 g/mol. The highest BCUT2D eigenvalue weighted by Gasteiger charge is 2.75. The number of hydrogen-bond acceptors (Lipinski definition) is 5. The molecule has 170 valence electrons. The summed E-state index contributed by atoms with van der Waals surface area (Å²) in [7, 11) is 0. The first-order valence-corrected chi connectivity index (χ1v) is 11.9. The maximum Gasteiger partial charge on any atom is 0.313 e. The van der Waals surface area contributed by atoms with Gasteiger partial charge in [-0.1, -0.05) is 44.2 Å². The Balaban J connectivity index is 1.48. The highest BCUT2D eigenvalue weighted by atomic mass is 16.6. The second-order valence-electron chi connectivity index (χ2n) is 10.3. The van der Waals surface area contributed by atoms with Crippen LogP contribution in [0.1, 0.15) is 51.3 Å². The lowest BCUT2D eigenvalue weighted by Gasteiger charge is -2.52. The van der Waals surface area contributed by atoms with Gasteiger partial charge in [0, 0.05) is 22.7 Å². The number of aromatic nitrogens is 1. The van der Waals surface area contributed by atoms with E-state index in [1.807, 2.05) is 49.4 Å². The number of pyridine rings is 1. The number of hydrogen-bond donors (Lipinski definition) is 1. The molecule has 2 heterocycles. The minimum atomic E-state index is -0.592. The molecule has 7 atom stereocenters. The van der Waals surface area contributed by atoms with Crippen LogP contribution < -0.4 is 0 Å². The Hall–Kier alpha value is -2.97. The molecule has 1 aromatic heterocycles. The van der Waals surface area contributed by atoms with Crippen LogP contribution in [0.2, 0.25) is 0 Å². The molecular formula is C28H30N2O3. The summed E-state index contributed by atoms with van der Waals surface area (Å²) in [6.07, 6.45) is 7.25. The Morgan fingerprint density at radius 3 is 2.67 bits per heavy atom. The fourth-order valence-corrected chi connectivity index (χ4v) is 7.14. The van der Waals surface area contributed by atoms with E-state index in [0.717, 1.165) is 23.2 Å². The van der Waals surface area contributed by atoms with E-state index >= 15 is 0 Å². The third kappa shape index (κ3) is 3.08. The number of allylic oxidation sites excluding steroid dienone is 1. The van der Waals surface area contributed by atoms with Gasteiger partial charge >= 0.3 is 5.97 Å². The van der Waals surface area contributed by atoms with E-state index in [0.29, 0.717) is 30.2 Å². The number of benzene rings is 1. The topological polar surface area (TPSA) is 83.2 Å². The Labute approximate surface area is 195 Å². The number of cyclic esters (lactones) is 1. The third-order valence-corrected chi connectivity index (χ3v) is 8.80. The Bertz CT molecular complexity index is 1150. The first kappa shape index (κ1) is 21.9. The summed E-state index contributed by atoms with van der Waals surface area (Å²) in [5.74, 6) is 0.704. The molecule has 1 aliphatic heterocycles. The van der Waals surface area contributed by atoms with Crippen molar-refractivity contribution >= 4 is 12.0 Å². The highest BCUT2D eigenvalue weighted by molar-refractivity contribution is 5.82. The molecule has 5 nitrogen and oxygen atoms in total. The van der Waals surface area contributed by atoms with Gasteiger partial charge in [0.2, 0.25) is 0 Å². The monoisotopic (exact) mass is 442 g/mol. The van der Waals surface area contributed by atoms with Crippen molar-refractivity contribution < 1.29 is 14.6 Å². The van der Waals surface area contributed by atoms with Crippen LogP contribution in [0.25, 0.3) is 17.2 Å². The summed E-state index contributed by atoms with van der Waals surface area (Å²) in [4.78, 5) is 17.7. The summed E-state index contributed by atoms with van der Waals surface area (Å²) in [6, 6.07) is 13.7. The lowest BCUT2D eigenvalue weighted by molar-refractivity contribution is -0.151. The summed E-state index contributed by atoms with van der Waals surface area (Å²) >= 11 is 0. The van der Waals surface area contributed by atoms with Gasteiger partial charge in [-0.05, 0) is 62.1 Å². The van der Waals surface area contributed by atoms with Crippen molar-refractivity contribution in [3.8, 4) is 17.2 Å². The zero-order chi connectivity index (χ0) is 23.4. The van der Waals surface area contributed by atoms with Crippen LogP contribution in [0.4, 0.5) is 0 Å². The van der Waals surface area contributed by atoms with Crippen LogP contribution in [0.3, 0.4) is 0 Å². The molecule has 0 radical (unpaired) electrons. The third-order valence-electron chi connectivity index (χ3n) is 8.80. The lowest BCUT2D eigenvalue weighted by atomic mass is 9.47. The number of carbonyl (C=O) groups is 1. The van der Waals surface area contributed by atoms with Gasteiger partial charge in [-0.3, -0.25) is 9.78 Å². The Kier molecular flexibility index (Phi) is 5.17. The molecule has 5 heteroatoms. The van der Waals surface area contributed by atoms with Crippen molar-refractivity contribution in [2.75, 3.05) is 0 Å². The molecule has 3 aliphatic rings. The van der Waals surface area contributed by atoms with E-state index < -0.39 is 11.5 Å². The Morgan fingerprint density at radius 1 is 1.15 bits per heavy atom. The first-order valence-electron chi connectivity index (χ1n) is 11.9. The van der Waals surface area contributed by atoms with Crippen molar-refractivity contribution in [3.05, 3.63) is 59.9 Å². The van der Waals surface area contributed by atoms with Crippen molar-refractivity contribution in [2.45, 2.75) is 52.2 Å². The summed E-state index contributed by atoms with van der Waals surface area (Å²) in [5, 5.41) is 20.1. The molecule has 5 rings (SSSR count). The van der Waals surface area contributed by atoms with Crippen LogP contribution in [-0.2, 0) is 9.53 Å². The lowest BCUT2D eigenvalue weighted by Crippen LogP contribution is -2.54. The minimum absolute atomic E-state index is 0.112. The molecule has 2 aromatic rings. The van der Waals surface area contributed by atoms with Gasteiger partial charge in [0.05, 0.1) is 28.8 Å². The number of rotatable bonds is 3. The summed E-state index contributed by atoms with van der Waals surface area (Å²) < 4.78 is 5.84. The molecule has 2 aliphatic carbocycles. The minimum Gasteiger partial charge on any atom is -0.462 e. The van der Waals surface area contributed by atoms with Crippen molar-refractivity contribution in [1.29, 1.82) is 5.26 Å². The second kappa shape index (κ2) is 7.81. The first-order chi connectivity index (χ1) is 15.8. The number of carbonyl (C=O) groups excluding carboxylic acids is 1. The van der Waals surface area contributed by atoms with E-state index in [9.17, 15) is 15.2 Å². The molecule has 1 aromatic carbocycles. The van der Waals surface area contributed by atoms with E-state index in [2.05, 4.69) is 31.0 Å². The van der Waals surface area contributed by atoms with Gasteiger partial charge in [-0.15, -0.1) is 0 Å². The van der Waals surface area contributed by atoms with Crippen LogP contribution in [0.5, 0.6) is 0 Å². The summed E-state index contributed by atoms with van der Waals surface area (Å²) in [6.45, 7) is 6.47. The standard InChI is InChI=1S/C28H30N2O3/c1-17-12-27-13-23(31)14-28(27,19(3)33-26(27)32)25(18(17)2)11-10-22-9-8-21(16-30-22)24-7-5-4-6-20(24)15-29/h4-11,16-19,23,25,31H,12-14H2,1-3H3/b11-10+/t17-,18+,19+,23?,25-,27+,28-/m0/s1. The second-order valence-corrected chi connectivity index (χ2v) is 10.3. The molecule has 33 heavy (non-hydrogen) atoms. The SMILES string of the molecule is C[C@@H]1[C@@H](C)C[C@]23CC(O)C[C@]2([C@@H](C)OC3=O)[C@H]1/C=C/c1ccc(-c2ccccc2C#N)cn1. The number of nitriles is 1. The normalized spacial score (nSPS) is 37.4. The molecular weight excluding hydrogens is 412 g/mol. The fraction of sp³-hybridized carbons (Fsp3) is 0.464. The molecule has 2 saturated carbocycles. The molecule has 1 unspecified atom stereocenters. The van der Waals surface area contributed by atoms with Gasteiger partial charge < -0.3 is 9.84 Å². The fourth-order valence-electron chi connectivity index (χ4n) is 7.14. The van der Waals surface area contributed by atoms with E-state index in [1.165, 1.54) is 0 Å². The molecule has 1 saturated heterocycles. The van der Waals surface area contributed by atoms with Gasteiger partial charge in [0.1, 0.15) is 6.10 Å². The number of aliphatic hydroxyl groups excluding tert-OH is 1. The van der Waals surface area contributed by atoms with E-state index in [-0.39, 0.29) is 23.4 Å². The van der Waals surface area contributed by atoms with Crippen molar-refractivity contribution in [3.63, 3.8) is 0 Å². The predicted molar refractivity (Wildman–Crippen MR) is 126 cm³/mol. The highest BCUT2D eigenvalue weighted by Crippen LogP contribution is 2.71. The van der Waals surface area contributed by atoms with Crippen LogP contribution in [-0.4, -0.2) is 28.3 Å². The van der Waals surface area contributed by atoms with Gasteiger partial charge in [0.25, 0.3) is 0 Å². The predicted octanol–water partition coefficient (Wildman–Crippen LogP) is 5.00. The van der Waals surface area contributed by atoms with Gasteiger partial charge in [-0.25, -0.2) is 0 Å². The maximum absolute atomic E-state index is 13.1. The zero-order valence-corrected chi connectivity index (χ0v) is 19.4. The largest absolute Gasteiger partial charge is 0.462 e. The number of nitrogens with zero attached hydrogens (tertiary/aromatic N) is 2. The Morgan fingerprint density at radius 2 is 1.94 bits per heavy atom. The quantitative estimate of drug-likeness (QED) is 0.677. The van der Waals surface area contributed by atoms with Crippen molar-refractivity contribution in [2.24, 2.45) is 28.6 Å². The van der Waals surface area contributed by atoms with Crippen LogP contribution in [0.15, 0.2) is 48.7 Å². The van der Waals surface area contributed by atoms with Crippen LogP contribution in [0, 0.1) is 39.9 Å². The smallest absolute Gasteiger partial charge is 0.313 e. The molecule has 3 fully saturated rings. The molecule has 1 N–H and O–H groups in total. The molecule has 0 bridgehead atoms. The van der Waals surface area contributed by atoms with Gasteiger partial charge in [0.15, 0.2) is 0 Å². The van der Waals surface area contributed by atoms with E-state index in [1.54, 1.807) is 6.20 Å². The summed E-state index contributed by atoms with van der Waals surface area (Å²) in [5.41, 5.74) is 2.27. The van der Waals surface area contributed by atoms with Crippen molar-refractivity contribution in [1.82, 2.24) is 4.98 Å². The van der Waals surface area contributed by atoms with E-state index in [4.69, 9.17) is 4.74 Å². The molecule has 0 amide bonds. The number of ether oxygens (including phenoxy) is 1. The molecule has 0 spiro atoms. The van der Waals surface area contributed by atoms with Crippen LogP contribution >= 0.6 is 0 Å². The van der Waals surface area contributed by atoms with Gasteiger partial charge in [-0.2, -0.15) is 5.26 Å². The average Bonchev–Trinajstić information content (AvgIpc) is 3.22. The number of esters is 1. The maximum atomic E-state index is 13.1. The number of aliphatic hydroxyl groups is 1. The zero-order valence-electron chi connectivity index (χ0n) is 19.4.